The molecule has 0 aliphatic heterocycles. The Hall–Kier alpha value is -1.17. The van der Waals surface area contributed by atoms with Gasteiger partial charge in [-0.05, 0) is 12.1 Å². The minimum atomic E-state index is -0.675. The maximum absolute atomic E-state index is 13.2. The van der Waals surface area contributed by atoms with E-state index in [0.717, 1.165) is 0 Å². The Balaban J connectivity index is 2.19. The highest BCUT2D eigenvalue weighted by Gasteiger charge is 2.05. The molecular formula is C12H18FNO3. The van der Waals surface area contributed by atoms with Crippen molar-refractivity contribution in [1.29, 1.82) is 0 Å². The number of nitrogens with one attached hydrogen (secondary N) is 1. The minimum absolute atomic E-state index is 0.199. The van der Waals surface area contributed by atoms with E-state index >= 15 is 0 Å². The molecule has 0 spiro atoms. The first-order valence-electron chi connectivity index (χ1n) is 5.47. The number of para-hydroxylation sites is 1. The molecule has 1 unspecified atom stereocenters. The van der Waals surface area contributed by atoms with E-state index < -0.39 is 6.10 Å². The van der Waals surface area contributed by atoms with Gasteiger partial charge >= 0.3 is 0 Å². The van der Waals surface area contributed by atoms with Crippen LogP contribution in [0.15, 0.2) is 24.3 Å². The normalized spacial score (nSPS) is 12.4. The number of rotatable bonds is 8. The average molecular weight is 243 g/mol. The van der Waals surface area contributed by atoms with Crippen LogP contribution in [0, 0.1) is 5.82 Å². The van der Waals surface area contributed by atoms with Crippen LogP contribution in [0.2, 0.25) is 0 Å². The van der Waals surface area contributed by atoms with Gasteiger partial charge < -0.3 is 19.9 Å². The molecule has 1 aromatic carbocycles. The topological polar surface area (TPSA) is 50.7 Å². The van der Waals surface area contributed by atoms with Crippen LogP contribution in [0.4, 0.5) is 10.1 Å². The molecule has 0 bridgehead atoms. The van der Waals surface area contributed by atoms with E-state index in [4.69, 9.17) is 9.47 Å². The molecule has 0 heterocycles. The quantitative estimate of drug-likeness (QED) is 0.675. The largest absolute Gasteiger partial charge is 0.389 e. The second-order valence-corrected chi connectivity index (χ2v) is 3.58. The molecule has 0 saturated heterocycles. The summed E-state index contributed by atoms with van der Waals surface area (Å²) in [6.07, 6.45) is -0.675. The van der Waals surface area contributed by atoms with Crippen molar-refractivity contribution < 1.29 is 19.0 Å². The second-order valence-electron chi connectivity index (χ2n) is 3.58. The van der Waals surface area contributed by atoms with Crippen LogP contribution >= 0.6 is 0 Å². The lowest BCUT2D eigenvalue weighted by atomic mass is 10.3. The third-order valence-electron chi connectivity index (χ3n) is 2.14. The van der Waals surface area contributed by atoms with Gasteiger partial charge in [-0.3, -0.25) is 0 Å². The Bertz CT molecular complexity index is 322. The number of ether oxygens (including phenoxy) is 2. The summed E-state index contributed by atoms with van der Waals surface area (Å²) >= 11 is 0. The van der Waals surface area contributed by atoms with E-state index in [9.17, 15) is 9.50 Å². The van der Waals surface area contributed by atoms with Crippen molar-refractivity contribution in [1.82, 2.24) is 0 Å². The van der Waals surface area contributed by atoms with Gasteiger partial charge in [0.1, 0.15) is 5.82 Å². The van der Waals surface area contributed by atoms with E-state index in [2.05, 4.69) is 5.32 Å². The standard InChI is InChI=1S/C12H18FNO3/c1-16-6-7-17-9-10(15)8-14-12-5-3-2-4-11(12)13/h2-5,10,14-15H,6-9H2,1H3. The van der Waals surface area contributed by atoms with Crippen LogP contribution < -0.4 is 5.32 Å². The first-order valence-corrected chi connectivity index (χ1v) is 5.47. The zero-order valence-corrected chi connectivity index (χ0v) is 9.86. The van der Waals surface area contributed by atoms with Crippen LogP contribution in [-0.4, -0.2) is 44.7 Å². The van der Waals surface area contributed by atoms with Gasteiger partial charge in [-0.15, -0.1) is 0 Å². The van der Waals surface area contributed by atoms with Crippen molar-refractivity contribution in [2.24, 2.45) is 0 Å². The van der Waals surface area contributed by atoms with Crippen molar-refractivity contribution >= 4 is 5.69 Å². The van der Waals surface area contributed by atoms with Crippen molar-refractivity contribution in [3.63, 3.8) is 0 Å². The van der Waals surface area contributed by atoms with Crippen molar-refractivity contribution in [2.45, 2.75) is 6.10 Å². The highest BCUT2D eigenvalue weighted by atomic mass is 19.1. The van der Waals surface area contributed by atoms with Crippen LogP contribution in [0.5, 0.6) is 0 Å². The van der Waals surface area contributed by atoms with Crippen LogP contribution in [0.1, 0.15) is 0 Å². The summed E-state index contributed by atoms with van der Waals surface area (Å²) in [7, 11) is 1.58. The number of anilines is 1. The third-order valence-corrected chi connectivity index (χ3v) is 2.14. The molecule has 1 rings (SSSR count). The van der Waals surface area contributed by atoms with Gasteiger partial charge in [0.05, 0.1) is 31.6 Å². The third kappa shape index (κ3) is 5.63. The van der Waals surface area contributed by atoms with Crippen LogP contribution in [-0.2, 0) is 9.47 Å². The summed E-state index contributed by atoms with van der Waals surface area (Å²) in [4.78, 5) is 0. The fraction of sp³-hybridized carbons (Fsp3) is 0.500. The predicted molar refractivity (Wildman–Crippen MR) is 63.6 cm³/mol. The molecule has 0 amide bonds. The van der Waals surface area contributed by atoms with Gasteiger partial charge in [0.25, 0.3) is 0 Å². The Kier molecular flexibility index (Phi) is 6.54. The Morgan fingerprint density at radius 1 is 1.35 bits per heavy atom. The number of hydrogen-bond donors (Lipinski definition) is 2. The minimum Gasteiger partial charge on any atom is -0.389 e. The average Bonchev–Trinajstić information content (AvgIpc) is 2.34. The fourth-order valence-corrected chi connectivity index (χ4v) is 1.25. The maximum atomic E-state index is 13.2. The maximum Gasteiger partial charge on any atom is 0.146 e. The van der Waals surface area contributed by atoms with Gasteiger partial charge in [-0.25, -0.2) is 4.39 Å². The fourth-order valence-electron chi connectivity index (χ4n) is 1.25. The molecule has 17 heavy (non-hydrogen) atoms. The molecule has 0 radical (unpaired) electrons. The van der Waals surface area contributed by atoms with E-state index in [1.807, 2.05) is 0 Å². The second kappa shape index (κ2) is 8.00. The molecule has 1 atom stereocenters. The van der Waals surface area contributed by atoms with Gasteiger partial charge in [0.15, 0.2) is 0 Å². The molecule has 0 fully saturated rings. The number of methoxy groups -OCH3 is 1. The van der Waals surface area contributed by atoms with Crippen molar-refractivity contribution in [3.8, 4) is 0 Å². The highest BCUT2D eigenvalue weighted by molar-refractivity contribution is 5.44. The summed E-state index contributed by atoms with van der Waals surface area (Å²) in [6, 6.07) is 6.33. The molecule has 1 aromatic rings. The first-order chi connectivity index (χ1) is 8.24. The number of benzene rings is 1. The Labute approximate surface area is 100 Å². The lowest BCUT2D eigenvalue weighted by molar-refractivity contribution is 0.0182. The number of aliphatic hydroxyl groups is 1. The summed E-state index contributed by atoms with van der Waals surface area (Å²) in [5, 5.41) is 12.4. The molecule has 0 aliphatic carbocycles. The molecule has 4 nitrogen and oxygen atoms in total. The van der Waals surface area contributed by atoms with Gasteiger partial charge in [-0.1, -0.05) is 12.1 Å². The van der Waals surface area contributed by atoms with Gasteiger partial charge in [0, 0.05) is 13.7 Å². The van der Waals surface area contributed by atoms with Crippen molar-refractivity contribution in [2.75, 3.05) is 38.8 Å². The van der Waals surface area contributed by atoms with Crippen LogP contribution in [0.25, 0.3) is 0 Å². The number of halogens is 1. The predicted octanol–water partition coefficient (Wildman–Crippen LogP) is 1.26. The molecular weight excluding hydrogens is 225 g/mol. The first kappa shape index (κ1) is 13.9. The summed E-state index contributed by atoms with van der Waals surface area (Å²) < 4.78 is 23.1. The summed E-state index contributed by atoms with van der Waals surface area (Å²) in [6.45, 7) is 1.37. The number of hydrogen-bond acceptors (Lipinski definition) is 4. The van der Waals surface area contributed by atoms with Gasteiger partial charge in [0.2, 0.25) is 0 Å². The molecule has 0 saturated carbocycles. The summed E-state index contributed by atoms with van der Waals surface area (Å²) in [5.41, 5.74) is 0.378. The lowest BCUT2D eigenvalue weighted by Gasteiger charge is -2.13. The molecule has 0 aromatic heterocycles. The van der Waals surface area contributed by atoms with Crippen molar-refractivity contribution in [3.05, 3.63) is 30.1 Å². The van der Waals surface area contributed by atoms with Crippen LogP contribution in [0.3, 0.4) is 0 Å². The lowest BCUT2D eigenvalue weighted by Crippen LogP contribution is -2.25. The molecule has 0 aliphatic rings. The van der Waals surface area contributed by atoms with E-state index in [1.165, 1.54) is 6.07 Å². The molecule has 2 N–H and O–H groups in total. The van der Waals surface area contributed by atoms with E-state index in [1.54, 1.807) is 25.3 Å². The zero-order chi connectivity index (χ0) is 12.5. The zero-order valence-electron chi connectivity index (χ0n) is 9.86. The molecule has 96 valence electrons. The Morgan fingerprint density at radius 2 is 2.12 bits per heavy atom. The SMILES string of the molecule is COCCOCC(O)CNc1ccccc1F. The highest BCUT2D eigenvalue weighted by Crippen LogP contribution is 2.11. The number of aliphatic hydroxyl groups excluding tert-OH is 1. The monoisotopic (exact) mass is 243 g/mol. The van der Waals surface area contributed by atoms with Gasteiger partial charge in [-0.2, -0.15) is 0 Å². The smallest absolute Gasteiger partial charge is 0.146 e. The van der Waals surface area contributed by atoms with E-state index in [-0.39, 0.29) is 19.0 Å². The summed E-state index contributed by atoms with van der Waals surface area (Å²) in [5.74, 6) is -0.333. The molecule has 5 heteroatoms. The van der Waals surface area contributed by atoms with E-state index in [0.29, 0.717) is 18.9 Å². The Morgan fingerprint density at radius 3 is 2.82 bits per heavy atom.